The van der Waals surface area contributed by atoms with Gasteiger partial charge >= 0.3 is 11.9 Å². The number of methoxy groups -OCH3 is 3. The maximum Gasteiger partial charge on any atom is 0.339 e. The number of amides is 1. The Labute approximate surface area is 180 Å². The molecule has 0 aliphatic carbocycles. The van der Waals surface area contributed by atoms with E-state index in [1.807, 2.05) is 24.3 Å². The number of hydrogen-bond acceptors (Lipinski definition) is 8. The van der Waals surface area contributed by atoms with E-state index in [1.54, 1.807) is 7.11 Å². The Balaban J connectivity index is 1.60. The number of nitrogens with one attached hydrogen (secondary N) is 1. The summed E-state index contributed by atoms with van der Waals surface area (Å²) in [5.41, 5.74) is 1.12. The average molecular weight is 439 g/mol. The lowest BCUT2D eigenvalue weighted by atomic mass is 10.2. The van der Waals surface area contributed by atoms with Gasteiger partial charge in [0.25, 0.3) is 5.91 Å². The topological polar surface area (TPSA) is 89.8 Å². The molecule has 2 aliphatic rings. The molecule has 10 heteroatoms. The summed E-state index contributed by atoms with van der Waals surface area (Å²) in [6.45, 7) is 3.40. The number of anilines is 1. The SMILES string of the molecule is COC(=O)[C@H]1SC[C@@H](C(=O)OC)N1C(=O)C[NH+]1CCN(c2ccc(OC)cc2)CC1. The zero-order valence-electron chi connectivity index (χ0n) is 17.5. The highest BCUT2D eigenvalue weighted by Gasteiger charge is 2.47. The van der Waals surface area contributed by atoms with Crippen molar-refractivity contribution >= 4 is 35.3 Å². The molecule has 1 N–H and O–H groups in total. The number of carbonyl (C=O) groups is 3. The first kappa shape index (κ1) is 22.2. The number of nitrogens with zero attached hydrogens (tertiary/aromatic N) is 2. The van der Waals surface area contributed by atoms with Crippen molar-refractivity contribution < 1.29 is 33.5 Å². The van der Waals surface area contributed by atoms with Gasteiger partial charge in [-0.2, -0.15) is 0 Å². The van der Waals surface area contributed by atoms with E-state index in [9.17, 15) is 14.4 Å². The van der Waals surface area contributed by atoms with Crippen LogP contribution in [-0.2, 0) is 23.9 Å². The van der Waals surface area contributed by atoms with Gasteiger partial charge < -0.3 is 28.9 Å². The van der Waals surface area contributed by atoms with Gasteiger partial charge in [0.05, 0.1) is 47.5 Å². The predicted octanol–water partition coefficient (Wildman–Crippen LogP) is -0.984. The molecule has 3 rings (SSSR count). The van der Waals surface area contributed by atoms with Crippen molar-refractivity contribution in [1.29, 1.82) is 0 Å². The number of quaternary nitrogens is 1. The van der Waals surface area contributed by atoms with Gasteiger partial charge in [-0.1, -0.05) is 0 Å². The molecule has 1 aromatic rings. The Morgan fingerprint density at radius 2 is 1.67 bits per heavy atom. The zero-order valence-corrected chi connectivity index (χ0v) is 18.3. The molecule has 0 saturated carbocycles. The highest BCUT2D eigenvalue weighted by atomic mass is 32.2. The van der Waals surface area contributed by atoms with Gasteiger partial charge in [-0.05, 0) is 24.3 Å². The van der Waals surface area contributed by atoms with Gasteiger partial charge in [-0.25, -0.2) is 9.59 Å². The molecule has 0 radical (unpaired) electrons. The highest BCUT2D eigenvalue weighted by molar-refractivity contribution is 8.00. The number of piperazine rings is 1. The first-order chi connectivity index (χ1) is 14.5. The van der Waals surface area contributed by atoms with E-state index in [0.717, 1.165) is 42.5 Å². The number of carbonyl (C=O) groups excluding carboxylic acids is 3. The Hall–Kier alpha value is -2.46. The quantitative estimate of drug-likeness (QED) is 0.567. The number of thioether (sulfide) groups is 1. The normalized spacial score (nSPS) is 22.0. The Morgan fingerprint density at radius 3 is 2.23 bits per heavy atom. The average Bonchev–Trinajstić information content (AvgIpc) is 3.24. The van der Waals surface area contributed by atoms with Crippen LogP contribution in [0, 0.1) is 0 Å². The van der Waals surface area contributed by atoms with Crippen LogP contribution in [0.5, 0.6) is 5.75 Å². The van der Waals surface area contributed by atoms with Crippen molar-refractivity contribution in [3.63, 3.8) is 0 Å². The molecule has 9 nitrogen and oxygen atoms in total. The third-order valence-electron chi connectivity index (χ3n) is 5.47. The lowest BCUT2D eigenvalue weighted by molar-refractivity contribution is -0.892. The lowest BCUT2D eigenvalue weighted by Gasteiger charge is -2.34. The van der Waals surface area contributed by atoms with Gasteiger partial charge in [-0.3, -0.25) is 4.79 Å². The van der Waals surface area contributed by atoms with Gasteiger partial charge in [0.2, 0.25) is 0 Å². The van der Waals surface area contributed by atoms with Crippen LogP contribution < -0.4 is 14.5 Å². The van der Waals surface area contributed by atoms with E-state index in [0.29, 0.717) is 5.75 Å². The highest BCUT2D eigenvalue weighted by Crippen LogP contribution is 2.30. The molecule has 0 spiro atoms. The minimum Gasteiger partial charge on any atom is -0.497 e. The van der Waals surface area contributed by atoms with Crippen molar-refractivity contribution in [3.8, 4) is 5.75 Å². The number of hydrogen-bond donors (Lipinski definition) is 1. The molecule has 164 valence electrons. The minimum atomic E-state index is -0.813. The van der Waals surface area contributed by atoms with Crippen molar-refractivity contribution in [2.75, 3.05) is 64.7 Å². The molecule has 0 unspecified atom stereocenters. The summed E-state index contributed by atoms with van der Waals surface area (Å²) in [4.78, 5) is 42.0. The van der Waals surface area contributed by atoms with Crippen LogP contribution in [0.1, 0.15) is 0 Å². The van der Waals surface area contributed by atoms with Crippen LogP contribution in [0.3, 0.4) is 0 Å². The molecular weight excluding hydrogens is 410 g/mol. The smallest absolute Gasteiger partial charge is 0.339 e. The second-order valence-electron chi connectivity index (χ2n) is 7.16. The number of rotatable bonds is 6. The number of ether oxygens (including phenoxy) is 3. The van der Waals surface area contributed by atoms with Crippen molar-refractivity contribution in [1.82, 2.24) is 4.90 Å². The summed E-state index contributed by atoms with van der Waals surface area (Å²) in [5, 5.41) is -0.813. The van der Waals surface area contributed by atoms with Crippen molar-refractivity contribution in [2.24, 2.45) is 0 Å². The second kappa shape index (κ2) is 10.0. The minimum absolute atomic E-state index is 0.220. The van der Waals surface area contributed by atoms with E-state index in [1.165, 1.54) is 30.9 Å². The fourth-order valence-corrected chi connectivity index (χ4v) is 5.09. The molecule has 2 heterocycles. The molecule has 0 aromatic heterocycles. The van der Waals surface area contributed by atoms with Gasteiger partial charge in [0.1, 0.15) is 11.8 Å². The fourth-order valence-electron chi connectivity index (χ4n) is 3.77. The molecular formula is C20H28N3O6S+. The summed E-state index contributed by atoms with van der Waals surface area (Å²) in [5.74, 6) is -0.143. The molecule has 2 atom stereocenters. The molecule has 2 fully saturated rings. The lowest BCUT2D eigenvalue weighted by Crippen LogP contribution is -3.16. The van der Waals surface area contributed by atoms with Crippen LogP contribution in [0.15, 0.2) is 24.3 Å². The zero-order chi connectivity index (χ0) is 21.7. The maximum atomic E-state index is 13.0. The molecule has 1 amide bonds. The van der Waals surface area contributed by atoms with E-state index < -0.39 is 23.4 Å². The van der Waals surface area contributed by atoms with E-state index in [4.69, 9.17) is 14.2 Å². The Kier molecular flexibility index (Phi) is 7.43. The van der Waals surface area contributed by atoms with Crippen LogP contribution in [0.2, 0.25) is 0 Å². The third-order valence-corrected chi connectivity index (χ3v) is 6.72. The van der Waals surface area contributed by atoms with E-state index in [2.05, 4.69) is 4.90 Å². The monoisotopic (exact) mass is 438 g/mol. The van der Waals surface area contributed by atoms with Gasteiger partial charge in [0.15, 0.2) is 11.9 Å². The third kappa shape index (κ3) is 4.81. The van der Waals surface area contributed by atoms with Crippen LogP contribution in [-0.4, -0.2) is 94.0 Å². The van der Waals surface area contributed by atoms with Crippen LogP contribution in [0.4, 0.5) is 5.69 Å². The molecule has 0 bridgehead atoms. The Bertz CT molecular complexity index is 742. The molecule has 2 saturated heterocycles. The first-order valence-corrected chi connectivity index (χ1v) is 10.8. The van der Waals surface area contributed by atoms with Gasteiger partial charge in [-0.15, -0.1) is 11.8 Å². The first-order valence-electron chi connectivity index (χ1n) is 9.79. The summed E-state index contributed by atoms with van der Waals surface area (Å²) in [7, 11) is 4.20. The maximum absolute atomic E-state index is 13.0. The second-order valence-corrected chi connectivity index (χ2v) is 8.27. The van der Waals surface area contributed by atoms with Crippen molar-refractivity contribution in [2.45, 2.75) is 11.4 Å². The summed E-state index contributed by atoms with van der Waals surface area (Å²) in [6, 6.07) is 7.15. The summed E-state index contributed by atoms with van der Waals surface area (Å²) >= 11 is 1.23. The van der Waals surface area contributed by atoms with Crippen LogP contribution in [0.25, 0.3) is 0 Å². The van der Waals surface area contributed by atoms with E-state index >= 15 is 0 Å². The Morgan fingerprint density at radius 1 is 1.03 bits per heavy atom. The van der Waals surface area contributed by atoms with Gasteiger partial charge in [0, 0.05) is 11.4 Å². The van der Waals surface area contributed by atoms with E-state index in [-0.39, 0.29) is 12.5 Å². The predicted molar refractivity (Wildman–Crippen MR) is 112 cm³/mol. The molecule has 30 heavy (non-hydrogen) atoms. The fraction of sp³-hybridized carbons (Fsp3) is 0.550. The van der Waals surface area contributed by atoms with Crippen molar-refractivity contribution in [3.05, 3.63) is 24.3 Å². The molecule has 1 aromatic carbocycles. The number of esters is 2. The standard InChI is InChI=1S/C20H27N3O6S/c1-27-15-6-4-14(5-7-15)22-10-8-21(9-11-22)12-17(24)23-16(19(25)28-2)13-30-18(23)20(26)29-3/h4-7,16,18H,8-13H2,1-3H3/p+1/t16-,18+/m0/s1. The molecule has 2 aliphatic heterocycles. The van der Waals surface area contributed by atoms with Crippen LogP contribution >= 0.6 is 11.8 Å². The number of benzene rings is 1. The summed E-state index contributed by atoms with van der Waals surface area (Å²) in [6.07, 6.45) is 0. The largest absolute Gasteiger partial charge is 0.497 e. The summed E-state index contributed by atoms with van der Waals surface area (Å²) < 4.78 is 14.8.